The second kappa shape index (κ2) is 4.63. The van der Waals surface area contributed by atoms with Crippen molar-refractivity contribution < 1.29 is 9.66 Å². The van der Waals surface area contributed by atoms with E-state index in [1.165, 1.54) is 12.1 Å². The van der Waals surface area contributed by atoms with Gasteiger partial charge >= 0.3 is 0 Å². The van der Waals surface area contributed by atoms with E-state index in [1.54, 1.807) is 0 Å². The van der Waals surface area contributed by atoms with Crippen LogP contribution in [0.1, 0.15) is 6.42 Å². The number of hydrogen-bond donors (Lipinski definition) is 1. The summed E-state index contributed by atoms with van der Waals surface area (Å²) in [6.07, 6.45) is 0.863. The van der Waals surface area contributed by atoms with Gasteiger partial charge < -0.3 is 10.1 Å². The van der Waals surface area contributed by atoms with Crippen molar-refractivity contribution in [3.8, 4) is 0 Å². The first-order chi connectivity index (χ1) is 7.65. The molecule has 0 saturated carbocycles. The third-order valence-electron chi connectivity index (χ3n) is 2.27. The number of ether oxygens (including phenoxy) is 1. The van der Waals surface area contributed by atoms with Crippen molar-refractivity contribution in [1.29, 1.82) is 0 Å². The summed E-state index contributed by atoms with van der Waals surface area (Å²) in [5.74, 6) is 0.412. The first kappa shape index (κ1) is 11.1. The van der Waals surface area contributed by atoms with Gasteiger partial charge in [-0.3, -0.25) is 10.1 Å². The summed E-state index contributed by atoms with van der Waals surface area (Å²) in [4.78, 5) is 14.1. The van der Waals surface area contributed by atoms with Gasteiger partial charge in [0.25, 0.3) is 5.69 Å². The molecule has 0 amide bonds. The molecule has 0 aliphatic carbocycles. The highest BCUT2D eigenvalue weighted by Gasteiger charge is 2.17. The van der Waals surface area contributed by atoms with Crippen LogP contribution in [0.15, 0.2) is 12.1 Å². The Morgan fingerprint density at radius 3 is 3.06 bits per heavy atom. The van der Waals surface area contributed by atoms with E-state index in [4.69, 9.17) is 16.3 Å². The summed E-state index contributed by atoms with van der Waals surface area (Å²) in [5.41, 5.74) is -0.0681. The summed E-state index contributed by atoms with van der Waals surface area (Å²) >= 11 is 5.69. The minimum Gasteiger partial charge on any atom is -0.379 e. The second-order valence-electron chi connectivity index (χ2n) is 3.50. The van der Waals surface area contributed by atoms with Gasteiger partial charge in [0.2, 0.25) is 0 Å². The number of nitrogens with zero attached hydrogens (tertiary/aromatic N) is 2. The molecule has 1 unspecified atom stereocenters. The Morgan fingerprint density at radius 1 is 1.62 bits per heavy atom. The molecular formula is C9H10ClN3O3. The van der Waals surface area contributed by atoms with Gasteiger partial charge in [-0.1, -0.05) is 11.6 Å². The van der Waals surface area contributed by atoms with Crippen LogP contribution in [0.2, 0.25) is 5.15 Å². The second-order valence-corrected chi connectivity index (χ2v) is 3.88. The lowest BCUT2D eigenvalue weighted by molar-refractivity contribution is -0.384. The van der Waals surface area contributed by atoms with Gasteiger partial charge in [-0.25, -0.2) is 4.98 Å². The first-order valence-electron chi connectivity index (χ1n) is 4.81. The van der Waals surface area contributed by atoms with Crippen molar-refractivity contribution in [2.24, 2.45) is 0 Å². The third-order valence-corrected chi connectivity index (χ3v) is 2.46. The molecule has 86 valence electrons. The predicted molar refractivity (Wildman–Crippen MR) is 58.7 cm³/mol. The summed E-state index contributed by atoms with van der Waals surface area (Å²) in [7, 11) is 0. The Hall–Kier alpha value is -1.40. The molecule has 16 heavy (non-hydrogen) atoms. The van der Waals surface area contributed by atoms with E-state index in [2.05, 4.69) is 10.3 Å². The van der Waals surface area contributed by atoms with Crippen LogP contribution >= 0.6 is 11.6 Å². The van der Waals surface area contributed by atoms with Crippen LogP contribution in [0.25, 0.3) is 0 Å². The van der Waals surface area contributed by atoms with Crippen LogP contribution in [0, 0.1) is 10.1 Å². The molecule has 0 bridgehead atoms. The van der Waals surface area contributed by atoms with Crippen molar-refractivity contribution >= 4 is 23.1 Å². The molecule has 0 radical (unpaired) electrons. The van der Waals surface area contributed by atoms with Crippen molar-refractivity contribution in [1.82, 2.24) is 4.98 Å². The molecule has 0 aromatic carbocycles. The molecule has 1 aliphatic rings. The van der Waals surface area contributed by atoms with Gasteiger partial charge in [0.15, 0.2) is 0 Å². The minimum atomic E-state index is -0.496. The number of rotatable bonds is 3. The maximum Gasteiger partial charge on any atom is 0.276 e. The number of anilines is 1. The van der Waals surface area contributed by atoms with Crippen LogP contribution < -0.4 is 5.32 Å². The van der Waals surface area contributed by atoms with Crippen LogP contribution in [-0.2, 0) is 4.74 Å². The molecule has 1 aliphatic heterocycles. The van der Waals surface area contributed by atoms with Gasteiger partial charge in [0.05, 0.1) is 29.7 Å². The van der Waals surface area contributed by atoms with E-state index in [1.807, 2.05) is 0 Å². The standard InChI is InChI=1S/C9H10ClN3O3/c10-8-3-7(13(14)15)4-9(12-8)11-6-1-2-16-5-6/h3-4,6H,1-2,5H2,(H,11,12). The molecule has 1 fully saturated rings. The largest absolute Gasteiger partial charge is 0.379 e. The van der Waals surface area contributed by atoms with Crippen molar-refractivity contribution in [2.45, 2.75) is 12.5 Å². The average Bonchev–Trinajstić information content (AvgIpc) is 2.69. The zero-order valence-electron chi connectivity index (χ0n) is 8.35. The van der Waals surface area contributed by atoms with Crippen LogP contribution in [-0.4, -0.2) is 29.2 Å². The molecule has 1 N–H and O–H groups in total. The SMILES string of the molecule is O=[N+]([O-])c1cc(Cl)nc(NC2CCOC2)c1. The Balaban J connectivity index is 2.16. The van der Waals surface area contributed by atoms with Crippen molar-refractivity contribution in [3.63, 3.8) is 0 Å². The van der Waals surface area contributed by atoms with Crippen LogP contribution in [0.5, 0.6) is 0 Å². The normalized spacial score (nSPS) is 19.7. The first-order valence-corrected chi connectivity index (χ1v) is 5.19. The van der Waals surface area contributed by atoms with E-state index < -0.39 is 4.92 Å². The monoisotopic (exact) mass is 243 g/mol. The number of nitro groups is 1. The predicted octanol–water partition coefficient (Wildman–Crippen LogP) is 1.84. The number of halogens is 1. The Labute approximate surface area is 96.7 Å². The lowest BCUT2D eigenvalue weighted by Gasteiger charge is -2.10. The van der Waals surface area contributed by atoms with Gasteiger partial charge in [-0.15, -0.1) is 0 Å². The molecule has 0 spiro atoms. The summed E-state index contributed by atoms with van der Waals surface area (Å²) in [6, 6.07) is 2.73. The molecule has 1 aromatic heterocycles. The Bertz CT molecular complexity index is 407. The van der Waals surface area contributed by atoms with Crippen LogP contribution in [0.4, 0.5) is 11.5 Å². The van der Waals surface area contributed by atoms with E-state index in [-0.39, 0.29) is 16.9 Å². The summed E-state index contributed by atoms with van der Waals surface area (Å²) in [6.45, 7) is 1.28. The highest BCUT2D eigenvalue weighted by atomic mass is 35.5. The fourth-order valence-electron chi connectivity index (χ4n) is 1.52. The van der Waals surface area contributed by atoms with Crippen molar-refractivity contribution in [3.05, 3.63) is 27.4 Å². The molecule has 1 atom stereocenters. The molecule has 7 heteroatoms. The minimum absolute atomic E-state index is 0.0681. The molecule has 2 heterocycles. The average molecular weight is 244 g/mol. The van der Waals surface area contributed by atoms with Gasteiger partial charge in [-0.05, 0) is 6.42 Å². The summed E-state index contributed by atoms with van der Waals surface area (Å²) in [5, 5.41) is 13.8. The van der Waals surface area contributed by atoms with Gasteiger partial charge in [-0.2, -0.15) is 0 Å². The fourth-order valence-corrected chi connectivity index (χ4v) is 1.72. The van der Waals surface area contributed by atoms with E-state index >= 15 is 0 Å². The number of hydrogen-bond acceptors (Lipinski definition) is 5. The summed E-state index contributed by atoms with van der Waals surface area (Å²) < 4.78 is 5.18. The molecule has 2 rings (SSSR count). The molecule has 1 aromatic rings. The lowest BCUT2D eigenvalue weighted by Crippen LogP contribution is -2.19. The quantitative estimate of drug-likeness (QED) is 0.498. The third kappa shape index (κ3) is 2.59. The van der Waals surface area contributed by atoms with Crippen LogP contribution in [0.3, 0.4) is 0 Å². The van der Waals surface area contributed by atoms with Gasteiger partial charge in [0, 0.05) is 6.61 Å². The molecule has 1 saturated heterocycles. The highest BCUT2D eigenvalue weighted by molar-refractivity contribution is 6.29. The maximum absolute atomic E-state index is 10.6. The van der Waals surface area contributed by atoms with E-state index in [0.29, 0.717) is 19.0 Å². The Kier molecular flexibility index (Phi) is 3.21. The molecule has 6 nitrogen and oxygen atoms in total. The highest BCUT2D eigenvalue weighted by Crippen LogP contribution is 2.22. The van der Waals surface area contributed by atoms with E-state index in [0.717, 1.165) is 6.42 Å². The smallest absolute Gasteiger partial charge is 0.276 e. The van der Waals surface area contributed by atoms with Crippen molar-refractivity contribution in [2.75, 3.05) is 18.5 Å². The van der Waals surface area contributed by atoms with Gasteiger partial charge in [0.1, 0.15) is 11.0 Å². The number of nitrogens with one attached hydrogen (secondary N) is 1. The maximum atomic E-state index is 10.6. The zero-order chi connectivity index (χ0) is 11.5. The Morgan fingerprint density at radius 2 is 2.44 bits per heavy atom. The zero-order valence-corrected chi connectivity index (χ0v) is 9.11. The number of pyridine rings is 1. The topological polar surface area (TPSA) is 77.3 Å². The number of aromatic nitrogens is 1. The fraction of sp³-hybridized carbons (Fsp3) is 0.444. The van der Waals surface area contributed by atoms with E-state index in [9.17, 15) is 10.1 Å². The lowest BCUT2D eigenvalue weighted by atomic mass is 10.2. The molecular weight excluding hydrogens is 234 g/mol.